The zero-order valence-corrected chi connectivity index (χ0v) is 15.1. The summed E-state index contributed by atoms with van der Waals surface area (Å²) < 4.78 is 16.5. The van der Waals surface area contributed by atoms with Crippen LogP contribution in [0.1, 0.15) is 25.3 Å². The molecule has 1 aliphatic carbocycles. The molecule has 0 radical (unpaired) electrons. The smallest absolute Gasteiger partial charge is 0.118 e. The fourth-order valence-corrected chi connectivity index (χ4v) is 3.32. The predicted octanol–water partition coefficient (Wildman–Crippen LogP) is 1.64. The number of carbonyl (C=O) groups excluding carboxylic acids is 1. The summed E-state index contributed by atoms with van der Waals surface area (Å²) in [5, 5.41) is 10.3. The Bertz CT molecular complexity index is 501. The van der Waals surface area contributed by atoms with Gasteiger partial charge in [0.05, 0.1) is 39.1 Å². The van der Waals surface area contributed by atoms with Gasteiger partial charge in [-0.05, 0) is 31.0 Å². The number of ether oxygens (including phenoxy) is 3. The monoisotopic (exact) mass is 351 g/mol. The van der Waals surface area contributed by atoms with E-state index in [1.165, 1.54) is 6.92 Å². The number of hydrogen-bond donors (Lipinski definition) is 1. The van der Waals surface area contributed by atoms with E-state index in [2.05, 4.69) is 4.90 Å². The zero-order chi connectivity index (χ0) is 18.1. The maximum Gasteiger partial charge on any atom is 0.118 e. The maximum absolute atomic E-state index is 10.3. The molecular weight excluding hydrogens is 322 g/mol. The quantitative estimate of drug-likeness (QED) is 0.814. The number of methoxy groups -OCH3 is 1. The number of benzene rings is 1. The van der Waals surface area contributed by atoms with Gasteiger partial charge in [-0.1, -0.05) is 12.1 Å². The Balaban J connectivity index is 0.000000701. The van der Waals surface area contributed by atoms with Crippen molar-refractivity contribution in [2.75, 3.05) is 33.4 Å². The molecule has 1 saturated heterocycles. The van der Waals surface area contributed by atoms with E-state index < -0.39 is 0 Å². The molecule has 1 N–H and O–H groups in total. The number of aliphatic hydroxyl groups is 1. The Morgan fingerprint density at radius 2 is 1.88 bits per heavy atom. The standard InChI is InChI=1S/C17H25NO4.C2H4O/c1-20-14-4-2-13(3-5-14)12-22-15-10-16(17(19)11-15)18-6-8-21-9-7-18;1-2-3/h2-5,15-17,19H,6-12H2,1H3;2H,1H3/t15-,16-,17-;/m0./s1. The highest BCUT2D eigenvalue weighted by molar-refractivity contribution is 5.44. The van der Waals surface area contributed by atoms with Gasteiger partial charge in [0, 0.05) is 25.6 Å². The summed E-state index contributed by atoms with van der Waals surface area (Å²) in [4.78, 5) is 11.1. The average Bonchev–Trinajstić information content (AvgIpc) is 3.02. The predicted molar refractivity (Wildman–Crippen MR) is 94.7 cm³/mol. The van der Waals surface area contributed by atoms with Gasteiger partial charge in [0.2, 0.25) is 0 Å². The molecule has 0 unspecified atom stereocenters. The first-order valence-electron chi connectivity index (χ1n) is 8.82. The fourth-order valence-electron chi connectivity index (χ4n) is 3.32. The van der Waals surface area contributed by atoms with Gasteiger partial charge in [-0.3, -0.25) is 4.90 Å². The van der Waals surface area contributed by atoms with Crippen LogP contribution < -0.4 is 4.74 Å². The topological polar surface area (TPSA) is 68.2 Å². The lowest BCUT2D eigenvalue weighted by Gasteiger charge is -2.33. The summed E-state index contributed by atoms with van der Waals surface area (Å²) in [7, 11) is 1.66. The SMILES string of the molecule is CC=O.COc1ccc(CO[C@@H]2C[C@H](O)[C@@H](N3CCOCC3)C2)cc1. The van der Waals surface area contributed by atoms with E-state index in [1.807, 2.05) is 24.3 Å². The van der Waals surface area contributed by atoms with Crippen LogP contribution in [0.3, 0.4) is 0 Å². The van der Waals surface area contributed by atoms with Crippen molar-refractivity contribution in [2.45, 2.75) is 44.6 Å². The molecule has 1 heterocycles. The van der Waals surface area contributed by atoms with Crippen molar-refractivity contribution >= 4 is 6.29 Å². The highest BCUT2D eigenvalue weighted by Crippen LogP contribution is 2.28. The van der Waals surface area contributed by atoms with Gasteiger partial charge in [0.25, 0.3) is 0 Å². The highest BCUT2D eigenvalue weighted by atomic mass is 16.5. The molecular formula is C19H29NO5. The van der Waals surface area contributed by atoms with Gasteiger partial charge in [0.1, 0.15) is 12.0 Å². The van der Waals surface area contributed by atoms with Gasteiger partial charge in [-0.25, -0.2) is 0 Å². The average molecular weight is 351 g/mol. The summed E-state index contributed by atoms with van der Waals surface area (Å²) in [5.41, 5.74) is 1.13. The molecule has 1 aromatic rings. The second kappa shape index (κ2) is 10.5. The number of carbonyl (C=O) groups is 1. The third kappa shape index (κ3) is 6.08. The fraction of sp³-hybridized carbons (Fsp3) is 0.632. The molecule has 0 bridgehead atoms. The number of aldehydes is 1. The number of nitrogens with zero attached hydrogens (tertiary/aromatic N) is 1. The van der Waals surface area contributed by atoms with Crippen LogP contribution in [0.25, 0.3) is 0 Å². The first kappa shape index (κ1) is 19.8. The minimum atomic E-state index is -0.293. The second-order valence-corrected chi connectivity index (χ2v) is 6.27. The zero-order valence-electron chi connectivity index (χ0n) is 15.1. The van der Waals surface area contributed by atoms with Crippen molar-refractivity contribution in [1.29, 1.82) is 0 Å². The van der Waals surface area contributed by atoms with Gasteiger partial charge < -0.3 is 24.1 Å². The van der Waals surface area contributed by atoms with E-state index in [0.717, 1.165) is 56.7 Å². The van der Waals surface area contributed by atoms with Crippen LogP contribution in [0.2, 0.25) is 0 Å². The largest absolute Gasteiger partial charge is 0.497 e. The normalized spacial score (nSPS) is 26.6. The molecule has 2 fully saturated rings. The minimum absolute atomic E-state index is 0.130. The first-order chi connectivity index (χ1) is 12.2. The number of hydrogen-bond acceptors (Lipinski definition) is 6. The molecule has 2 aliphatic rings. The van der Waals surface area contributed by atoms with Crippen molar-refractivity contribution in [3.8, 4) is 5.75 Å². The van der Waals surface area contributed by atoms with E-state index in [0.29, 0.717) is 6.61 Å². The lowest BCUT2D eigenvalue weighted by molar-refractivity contribution is -0.106. The maximum atomic E-state index is 10.3. The number of aliphatic hydroxyl groups excluding tert-OH is 1. The summed E-state index contributed by atoms with van der Waals surface area (Å²) >= 11 is 0. The van der Waals surface area contributed by atoms with Crippen LogP contribution in [0.5, 0.6) is 5.75 Å². The van der Waals surface area contributed by atoms with Gasteiger partial charge in [0.15, 0.2) is 0 Å². The molecule has 0 spiro atoms. The Kier molecular flexibility index (Phi) is 8.34. The molecule has 0 aromatic heterocycles. The number of morpholine rings is 1. The Morgan fingerprint density at radius 1 is 1.24 bits per heavy atom. The molecule has 6 heteroatoms. The lowest BCUT2D eigenvalue weighted by Crippen LogP contribution is -2.46. The van der Waals surface area contributed by atoms with Crippen molar-refractivity contribution < 1.29 is 24.1 Å². The molecule has 0 amide bonds. The van der Waals surface area contributed by atoms with Crippen LogP contribution in [-0.2, 0) is 20.9 Å². The minimum Gasteiger partial charge on any atom is -0.497 e. The first-order valence-corrected chi connectivity index (χ1v) is 8.82. The van der Waals surface area contributed by atoms with Crippen molar-refractivity contribution in [2.24, 2.45) is 0 Å². The molecule has 3 atom stereocenters. The van der Waals surface area contributed by atoms with E-state index in [1.54, 1.807) is 7.11 Å². The molecule has 1 saturated carbocycles. The van der Waals surface area contributed by atoms with Crippen molar-refractivity contribution in [3.63, 3.8) is 0 Å². The Morgan fingerprint density at radius 3 is 2.48 bits per heavy atom. The summed E-state index contributed by atoms with van der Waals surface area (Å²) in [6, 6.07) is 8.13. The Labute approximate surface area is 149 Å². The molecule has 25 heavy (non-hydrogen) atoms. The van der Waals surface area contributed by atoms with Gasteiger partial charge in [-0.2, -0.15) is 0 Å². The van der Waals surface area contributed by atoms with Crippen LogP contribution in [0, 0.1) is 0 Å². The number of rotatable bonds is 5. The van der Waals surface area contributed by atoms with E-state index in [4.69, 9.17) is 19.0 Å². The summed E-state index contributed by atoms with van der Waals surface area (Å²) in [6.45, 7) is 5.37. The third-order valence-corrected chi connectivity index (χ3v) is 4.61. The van der Waals surface area contributed by atoms with Crippen molar-refractivity contribution in [3.05, 3.63) is 29.8 Å². The van der Waals surface area contributed by atoms with Crippen LogP contribution in [-0.4, -0.2) is 68.0 Å². The molecule has 1 aromatic carbocycles. The van der Waals surface area contributed by atoms with Crippen LogP contribution >= 0.6 is 0 Å². The molecule has 1 aliphatic heterocycles. The van der Waals surface area contributed by atoms with E-state index in [9.17, 15) is 5.11 Å². The lowest BCUT2D eigenvalue weighted by atomic mass is 10.1. The van der Waals surface area contributed by atoms with Gasteiger partial charge >= 0.3 is 0 Å². The highest BCUT2D eigenvalue weighted by Gasteiger charge is 2.37. The summed E-state index contributed by atoms with van der Waals surface area (Å²) in [6.07, 6.45) is 2.21. The molecule has 3 rings (SSSR count). The van der Waals surface area contributed by atoms with Crippen LogP contribution in [0.4, 0.5) is 0 Å². The van der Waals surface area contributed by atoms with E-state index >= 15 is 0 Å². The molecule has 140 valence electrons. The van der Waals surface area contributed by atoms with Crippen LogP contribution in [0.15, 0.2) is 24.3 Å². The Hall–Kier alpha value is -1.47. The van der Waals surface area contributed by atoms with Crippen molar-refractivity contribution in [1.82, 2.24) is 4.90 Å². The summed E-state index contributed by atoms with van der Waals surface area (Å²) in [5.74, 6) is 0.854. The molecule has 6 nitrogen and oxygen atoms in total. The van der Waals surface area contributed by atoms with E-state index in [-0.39, 0.29) is 18.2 Å². The van der Waals surface area contributed by atoms with Gasteiger partial charge in [-0.15, -0.1) is 0 Å². The third-order valence-electron chi connectivity index (χ3n) is 4.61. The second-order valence-electron chi connectivity index (χ2n) is 6.27.